The molecule has 0 aliphatic carbocycles. The van der Waals surface area contributed by atoms with Gasteiger partial charge in [-0.05, 0) is 12.1 Å². The van der Waals surface area contributed by atoms with Gasteiger partial charge in [0.15, 0.2) is 10.9 Å². The maximum absolute atomic E-state index is 12.1. The standard InChI is InChI=1S/C15H12N4OS/c20-13(12-6-2-1-3-7-12)10-21-15-18-17-11-19(15)14-8-4-5-9-16-14/h1-9,11H,10H2. The summed E-state index contributed by atoms with van der Waals surface area (Å²) in [5.74, 6) is 1.11. The molecule has 6 heteroatoms. The fraction of sp³-hybridized carbons (Fsp3) is 0.0667. The Hall–Kier alpha value is -2.47. The average Bonchev–Trinajstić information content (AvgIpc) is 3.03. The van der Waals surface area contributed by atoms with Crippen LogP contribution in [0.15, 0.2) is 66.2 Å². The fourth-order valence-corrected chi connectivity index (χ4v) is 2.63. The number of Topliss-reactive ketones (excluding diaryl/α,β-unsaturated/α-hetero) is 1. The summed E-state index contributed by atoms with van der Waals surface area (Å²) >= 11 is 1.35. The van der Waals surface area contributed by atoms with Crippen LogP contribution < -0.4 is 0 Å². The molecule has 2 aromatic heterocycles. The van der Waals surface area contributed by atoms with Crippen molar-refractivity contribution in [2.45, 2.75) is 5.16 Å². The highest BCUT2D eigenvalue weighted by Crippen LogP contribution is 2.19. The highest BCUT2D eigenvalue weighted by atomic mass is 32.2. The minimum Gasteiger partial charge on any atom is -0.293 e. The molecule has 3 rings (SSSR count). The lowest BCUT2D eigenvalue weighted by molar-refractivity contribution is 0.102. The monoisotopic (exact) mass is 296 g/mol. The third kappa shape index (κ3) is 3.17. The van der Waals surface area contributed by atoms with E-state index in [2.05, 4.69) is 15.2 Å². The molecule has 5 nitrogen and oxygen atoms in total. The molecule has 0 saturated heterocycles. The lowest BCUT2D eigenvalue weighted by Gasteiger charge is -2.04. The molecule has 3 aromatic rings. The second-order valence-corrected chi connectivity index (χ2v) is 5.19. The molecule has 0 radical (unpaired) electrons. The van der Waals surface area contributed by atoms with Crippen molar-refractivity contribution in [3.63, 3.8) is 0 Å². The number of ketones is 1. The fourth-order valence-electron chi connectivity index (χ4n) is 1.81. The van der Waals surface area contributed by atoms with Crippen molar-refractivity contribution in [1.29, 1.82) is 0 Å². The van der Waals surface area contributed by atoms with Crippen LogP contribution in [-0.4, -0.2) is 31.3 Å². The van der Waals surface area contributed by atoms with Gasteiger partial charge in [-0.15, -0.1) is 10.2 Å². The molecule has 0 amide bonds. The van der Waals surface area contributed by atoms with Crippen molar-refractivity contribution in [1.82, 2.24) is 19.7 Å². The van der Waals surface area contributed by atoms with Gasteiger partial charge in [0.2, 0.25) is 0 Å². The van der Waals surface area contributed by atoms with Crippen LogP contribution in [0.3, 0.4) is 0 Å². The zero-order valence-corrected chi connectivity index (χ0v) is 11.9. The molecule has 0 aliphatic rings. The first-order valence-corrected chi connectivity index (χ1v) is 7.35. The summed E-state index contributed by atoms with van der Waals surface area (Å²) in [6.07, 6.45) is 3.30. The summed E-state index contributed by atoms with van der Waals surface area (Å²) < 4.78 is 1.77. The molecule has 0 fully saturated rings. The van der Waals surface area contributed by atoms with E-state index in [4.69, 9.17) is 0 Å². The van der Waals surface area contributed by atoms with Gasteiger partial charge in [-0.25, -0.2) is 4.98 Å². The van der Waals surface area contributed by atoms with Gasteiger partial charge in [0.1, 0.15) is 12.1 Å². The van der Waals surface area contributed by atoms with Crippen LogP contribution in [0.4, 0.5) is 0 Å². The van der Waals surface area contributed by atoms with Gasteiger partial charge >= 0.3 is 0 Å². The van der Waals surface area contributed by atoms with Crippen LogP contribution >= 0.6 is 11.8 Å². The molecule has 0 atom stereocenters. The Morgan fingerprint density at radius 2 is 1.90 bits per heavy atom. The van der Waals surface area contributed by atoms with Crippen LogP contribution in [0.5, 0.6) is 0 Å². The SMILES string of the molecule is O=C(CSc1nncn1-c1ccccn1)c1ccccc1. The van der Waals surface area contributed by atoms with Gasteiger partial charge in [0, 0.05) is 11.8 Å². The quantitative estimate of drug-likeness (QED) is 0.535. The summed E-state index contributed by atoms with van der Waals surface area (Å²) in [5, 5.41) is 8.58. The number of rotatable bonds is 5. The molecule has 21 heavy (non-hydrogen) atoms. The highest BCUT2D eigenvalue weighted by Gasteiger charge is 2.11. The summed E-state index contributed by atoms with van der Waals surface area (Å²) in [6, 6.07) is 14.8. The smallest absolute Gasteiger partial charge is 0.197 e. The maximum atomic E-state index is 12.1. The van der Waals surface area contributed by atoms with E-state index in [0.717, 1.165) is 5.82 Å². The first kappa shape index (κ1) is 13.5. The zero-order chi connectivity index (χ0) is 14.5. The molecule has 0 spiro atoms. The maximum Gasteiger partial charge on any atom is 0.197 e. The first-order valence-electron chi connectivity index (χ1n) is 6.37. The van der Waals surface area contributed by atoms with Gasteiger partial charge in [-0.1, -0.05) is 48.2 Å². The van der Waals surface area contributed by atoms with Crippen LogP contribution in [-0.2, 0) is 0 Å². The topological polar surface area (TPSA) is 60.7 Å². The van der Waals surface area contributed by atoms with E-state index in [0.29, 0.717) is 16.5 Å². The lowest BCUT2D eigenvalue weighted by atomic mass is 10.2. The minimum absolute atomic E-state index is 0.0659. The predicted octanol–water partition coefficient (Wildman–Crippen LogP) is 2.64. The van der Waals surface area contributed by atoms with E-state index in [1.54, 1.807) is 17.1 Å². The molecule has 0 aliphatic heterocycles. The Morgan fingerprint density at radius 3 is 2.67 bits per heavy atom. The van der Waals surface area contributed by atoms with Crippen LogP contribution in [0.2, 0.25) is 0 Å². The summed E-state index contributed by atoms with van der Waals surface area (Å²) in [7, 11) is 0. The van der Waals surface area contributed by atoms with E-state index in [-0.39, 0.29) is 5.78 Å². The number of nitrogens with zero attached hydrogens (tertiary/aromatic N) is 4. The van der Waals surface area contributed by atoms with Crippen molar-refractivity contribution in [3.05, 3.63) is 66.6 Å². The number of benzene rings is 1. The number of carbonyl (C=O) groups is 1. The predicted molar refractivity (Wildman–Crippen MR) is 80.7 cm³/mol. The number of thioether (sulfide) groups is 1. The van der Waals surface area contributed by atoms with Gasteiger partial charge < -0.3 is 0 Å². The van der Waals surface area contributed by atoms with Gasteiger partial charge in [-0.2, -0.15) is 0 Å². The first-order chi connectivity index (χ1) is 10.3. The van der Waals surface area contributed by atoms with Crippen LogP contribution in [0.25, 0.3) is 5.82 Å². The molecule has 0 N–H and O–H groups in total. The van der Waals surface area contributed by atoms with Crippen LogP contribution in [0.1, 0.15) is 10.4 Å². The number of hydrogen-bond acceptors (Lipinski definition) is 5. The Labute approximate surface area is 126 Å². The Morgan fingerprint density at radius 1 is 1.10 bits per heavy atom. The third-order valence-electron chi connectivity index (χ3n) is 2.84. The molecule has 0 unspecified atom stereocenters. The van der Waals surface area contributed by atoms with Gasteiger partial charge in [0.25, 0.3) is 0 Å². The Kier molecular flexibility index (Phi) is 4.07. The summed E-state index contributed by atoms with van der Waals surface area (Å²) in [4.78, 5) is 16.3. The molecule has 104 valence electrons. The van der Waals surface area contributed by atoms with E-state index in [9.17, 15) is 4.79 Å². The van der Waals surface area contributed by atoms with Gasteiger partial charge in [-0.3, -0.25) is 9.36 Å². The van der Waals surface area contributed by atoms with Crippen molar-refractivity contribution in [2.75, 3.05) is 5.75 Å². The second kappa shape index (κ2) is 6.32. The third-order valence-corrected chi connectivity index (χ3v) is 3.78. The lowest BCUT2D eigenvalue weighted by Crippen LogP contribution is -2.04. The minimum atomic E-state index is 0.0659. The molecule has 2 heterocycles. The van der Waals surface area contributed by atoms with Gasteiger partial charge in [0.05, 0.1) is 5.75 Å². The zero-order valence-electron chi connectivity index (χ0n) is 11.1. The number of hydrogen-bond donors (Lipinski definition) is 0. The molecule has 0 saturated carbocycles. The van der Waals surface area contributed by atoms with E-state index in [1.165, 1.54) is 11.8 Å². The summed E-state index contributed by atoms with van der Waals surface area (Å²) in [6.45, 7) is 0. The molecular weight excluding hydrogens is 284 g/mol. The van der Waals surface area contributed by atoms with Crippen molar-refractivity contribution >= 4 is 17.5 Å². The van der Waals surface area contributed by atoms with Crippen LogP contribution in [0, 0.1) is 0 Å². The molecule has 1 aromatic carbocycles. The Balaban J connectivity index is 1.73. The van der Waals surface area contributed by atoms with E-state index < -0.39 is 0 Å². The highest BCUT2D eigenvalue weighted by molar-refractivity contribution is 7.99. The number of carbonyl (C=O) groups excluding carboxylic acids is 1. The van der Waals surface area contributed by atoms with E-state index in [1.807, 2.05) is 48.5 Å². The number of aromatic nitrogens is 4. The number of pyridine rings is 1. The summed E-state index contributed by atoms with van der Waals surface area (Å²) in [5.41, 5.74) is 0.703. The second-order valence-electron chi connectivity index (χ2n) is 4.25. The van der Waals surface area contributed by atoms with Crippen molar-refractivity contribution in [3.8, 4) is 5.82 Å². The normalized spacial score (nSPS) is 10.5. The van der Waals surface area contributed by atoms with E-state index >= 15 is 0 Å². The molecular formula is C15H12N4OS. The Bertz CT molecular complexity index is 728. The molecule has 0 bridgehead atoms. The van der Waals surface area contributed by atoms with Crippen molar-refractivity contribution in [2.24, 2.45) is 0 Å². The average molecular weight is 296 g/mol. The van der Waals surface area contributed by atoms with Crippen molar-refractivity contribution < 1.29 is 4.79 Å². The largest absolute Gasteiger partial charge is 0.293 e.